The molecule has 0 radical (unpaired) electrons. The Hall–Kier alpha value is -3.86. The Labute approximate surface area is 213 Å². The molecule has 2 heterocycles. The Balaban J connectivity index is 1.37. The summed E-state index contributed by atoms with van der Waals surface area (Å²) in [4.78, 5) is 26.0. The van der Waals surface area contributed by atoms with Crippen LogP contribution in [0, 0.1) is 6.92 Å². The van der Waals surface area contributed by atoms with Gasteiger partial charge in [0.25, 0.3) is 5.91 Å². The van der Waals surface area contributed by atoms with Crippen molar-refractivity contribution in [2.75, 3.05) is 6.54 Å². The predicted molar refractivity (Wildman–Crippen MR) is 129 cm³/mol. The summed E-state index contributed by atoms with van der Waals surface area (Å²) in [6.45, 7) is 1.66. The van der Waals surface area contributed by atoms with Crippen molar-refractivity contribution in [3.8, 4) is 22.6 Å². The van der Waals surface area contributed by atoms with Crippen molar-refractivity contribution in [2.24, 2.45) is 0 Å². The molecular formula is C25H21ClF3N5O3. The van der Waals surface area contributed by atoms with Gasteiger partial charge >= 0.3 is 11.9 Å². The number of nitrogens with one attached hydrogen (secondary N) is 1. The van der Waals surface area contributed by atoms with Crippen LogP contribution in [0.4, 0.5) is 13.2 Å². The monoisotopic (exact) mass is 531 g/mol. The molecule has 2 aromatic carbocycles. The lowest BCUT2D eigenvalue weighted by Crippen LogP contribution is -2.32. The lowest BCUT2D eigenvalue weighted by Gasteiger charge is -2.09. The zero-order chi connectivity index (χ0) is 26.3. The van der Waals surface area contributed by atoms with E-state index in [0.29, 0.717) is 22.0 Å². The standard InChI is InChI=1S/C25H21ClF3N5O3/c1-14-20(21(32-37-14)18-7-2-3-8-19(18)26)23(35)30-11-12-33-24(36)34(17-9-10-17)22(31-33)15-5-4-6-16(13-15)25(27,28)29/h2-8,13,17H,9-12H2,1H3,(H,30,35). The number of nitrogens with zero attached hydrogens (tertiary/aromatic N) is 4. The van der Waals surface area contributed by atoms with Gasteiger partial charge in [0.05, 0.1) is 17.1 Å². The van der Waals surface area contributed by atoms with Crippen LogP contribution in [0.15, 0.2) is 57.8 Å². The van der Waals surface area contributed by atoms with Crippen LogP contribution in [0.1, 0.15) is 40.6 Å². The third-order valence-electron chi connectivity index (χ3n) is 6.06. The Kier molecular flexibility index (Phi) is 6.40. The van der Waals surface area contributed by atoms with Gasteiger partial charge in [-0.3, -0.25) is 9.36 Å². The minimum absolute atomic E-state index is 0.0159. The minimum Gasteiger partial charge on any atom is -0.360 e. The van der Waals surface area contributed by atoms with E-state index < -0.39 is 23.3 Å². The molecule has 1 saturated carbocycles. The highest BCUT2D eigenvalue weighted by atomic mass is 35.5. The fourth-order valence-electron chi connectivity index (χ4n) is 4.10. The second-order valence-corrected chi connectivity index (χ2v) is 9.11. The fraction of sp³-hybridized carbons (Fsp3) is 0.280. The van der Waals surface area contributed by atoms with Crippen LogP contribution in [0.25, 0.3) is 22.6 Å². The summed E-state index contributed by atoms with van der Waals surface area (Å²) in [6, 6.07) is 11.5. The molecule has 0 unspecified atom stereocenters. The molecule has 0 bridgehead atoms. The number of carbonyl (C=O) groups is 1. The zero-order valence-corrected chi connectivity index (χ0v) is 20.3. The summed E-state index contributed by atoms with van der Waals surface area (Å²) in [5.74, 6) is -0.00307. The van der Waals surface area contributed by atoms with Gasteiger partial charge in [-0.05, 0) is 38.0 Å². The van der Waals surface area contributed by atoms with E-state index >= 15 is 0 Å². The van der Waals surface area contributed by atoms with E-state index in [1.165, 1.54) is 16.7 Å². The molecule has 0 atom stereocenters. The number of benzene rings is 2. The molecule has 0 saturated heterocycles. The van der Waals surface area contributed by atoms with Crippen LogP contribution in [-0.2, 0) is 12.7 Å². The normalized spacial score (nSPS) is 13.6. The third kappa shape index (κ3) is 4.91. The van der Waals surface area contributed by atoms with Gasteiger partial charge in [-0.15, -0.1) is 5.10 Å². The van der Waals surface area contributed by atoms with Crippen LogP contribution >= 0.6 is 11.6 Å². The van der Waals surface area contributed by atoms with E-state index in [0.717, 1.165) is 29.7 Å². The van der Waals surface area contributed by atoms with Crippen molar-refractivity contribution in [3.05, 3.63) is 80.9 Å². The summed E-state index contributed by atoms with van der Waals surface area (Å²) < 4.78 is 47.5. The molecule has 2 aromatic heterocycles. The van der Waals surface area contributed by atoms with E-state index in [-0.39, 0.29) is 36.1 Å². The van der Waals surface area contributed by atoms with Crippen molar-refractivity contribution >= 4 is 17.5 Å². The maximum absolute atomic E-state index is 13.2. The van der Waals surface area contributed by atoms with Crippen molar-refractivity contribution in [2.45, 2.75) is 38.5 Å². The average molecular weight is 532 g/mol. The van der Waals surface area contributed by atoms with Gasteiger partial charge < -0.3 is 9.84 Å². The Morgan fingerprint density at radius 3 is 2.65 bits per heavy atom. The quantitative estimate of drug-likeness (QED) is 0.357. The molecule has 1 N–H and O–H groups in total. The summed E-state index contributed by atoms with van der Waals surface area (Å²) in [6.07, 6.45) is -3.03. The molecule has 8 nitrogen and oxygen atoms in total. The molecule has 1 aliphatic carbocycles. The molecule has 1 aliphatic rings. The smallest absolute Gasteiger partial charge is 0.360 e. The number of carbonyl (C=O) groups excluding carboxylic acids is 1. The molecule has 12 heteroatoms. The second kappa shape index (κ2) is 9.55. The third-order valence-corrected chi connectivity index (χ3v) is 6.39. The van der Waals surface area contributed by atoms with Crippen molar-refractivity contribution in [1.82, 2.24) is 24.8 Å². The van der Waals surface area contributed by atoms with Gasteiger partial charge in [0, 0.05) is 23.7 Å². The van der Waals surface area contributed by atoms with Crippen molar-refractivity contribution in [3.63, 3.8) is 0 Å². The summed E-state index contributed by atoms with van der Waals surface area (Å²) in [5, 5.41) is 11.4. The van der Waals surface area contributed by atoms with Crippen LogP contribution < -0.4 is 11.0 Å². The Morgan fingerprint density at radius 1 is 1.19 bits per heavy atom. The largest absolute Gasteiger partial charge is 0.416 e. The Bertz CT molecular complexity index is 1540. The first-order valence-corrected chi connectivity index (χ1v) is 11.9. The number of rotatable bonds is 7. The first kappa shape index (κ1) is 24.8. The molecule has 0 spiro atoms. The van der Waals surface area contributed by atoms with Gasteiger partial charge in [-0.1, -0.05) is 47.1 Å². The van der Waals surface area contributed by atoms with Gasteiger partial charge in [-0.25, -0.2) is 9.48 Å². The topological polar surface area (TPSA) is 94.9 Å². The van der Waals surface area contributed by atoms with E-state index in [4.69, 9.17) is 16.1 Å². The van der Waals surface area contributed by atoms with E-state index in [9.17, 15) is 22.8 Å². The highest BCUT2D eigenvalue weighted by molar-refractivity contribution is 6.33. The van der Waals surface area contributed by atoms with E-state index in [2.05, 4.69) is 15.6 Å². The molecule has 37 heavy (non-hydrogen) atoms. The van der Waals surface area contributed by atoms with Crippen molar-refractivity contribution < 1.29 is 22.5 Å². The van der Waals surface area contributed by atoms with Crippen LogP contribution in [0.2, 0.25) is 5.02 Å². The highest BCUT2D eigenvalue weighted by Crippen LogP contribution is 2.38. The fourth-order valence-corrected chi connectivity index (χ4v) is 4.32. The van der Waals surface area contributed by atoms with Gasteiger partial charge in [0.15, 0.2) is 5.82 Å². The summed E-state index contributed by atoms with van der Waals surface area (Å²) >= 11 is 6.26. The van der Waals surface area contributed by atoms with E-state index in [1.807, 2.05) is 0 Å². The summed E-state index contributed by atoms with van der Waals surface area (Å²) in [5.41, 5.74) is -0.0132. The number of aryl methyl sites for hydroxylation is 1. The SMILES string of the molecule is Cc1onc(-c2ccccc2Cl)c1C(=O)NCCn1nc(-c2cccc(C(F)(F)F)c2)n(C2CC2)c1=O. The van der Waals surface area contributed by atoms with Gasteiger partial charge in [-0.2, -0.15) is 13.2 Å². The number of alkyl halides is 3. The lowest BCUT2D eigenvalue weighted by atomic mass is 10.1. The summed E-state index contributed by atoms with van der Waals surface area (Å²) in [7, 11) is 0. The molecule has 1 fully saturated rings. The predicted octanol–water partition coefficient (Wildman–Crippen LogP) is 5.11. The van der Waals surface area contributed by atoms with Crippen LogP contribution in [-0.4, -0.2) is 32.0 Å². The number of hydrogen-bond acceptors (Lipinski definition) is 5. The molecular weight excluding hydrogens is 511 g/mol. The average Bonchev–Trinajstić information content (AvgIpc) is 3.54. The Morgan fingerprint density at radius 2 is 1.95 bits per heavy atom. The number of halogens is 4. The number of amides is 1. The second-order valence-electron chi connectivity index (χ2n) is 8.71. The maximum Gasteiger partial charge on any atom is 0.416 e. The van der Waals surface area contributed by atoms with Gasteiger partial charge in [0.1, 0.15) is 17.0 Å². The lowest BCUT2D eigenvalue weighted by molar-refractivity contribution is -0.137. The minimum atomic E-state index is -4.52. The molecule has 192 valence electrons. The van der Waals surface area contributed by atoms with Gasteiger partial charge in [0.2, 0.25) is 0 Å². The van der Waals surface area contributed by atoms with Crippen LogP contribution in [0.3, 0.4) is 0 Å². The molecule has 0 aliphatic heterocycles. The zero-order valence-electron chi connectivity index (χ0n) is 19.6. The number of aromatic nitrogens is 4. The molecule has 1 amide bonds. The maximum atomic E-state index is 13.2. The highest BCUT2D eigenvalue weighted by Gasteiger charge is 2.33. The molecule has 5 rings (SSSR count). The first-order valence-electron chi connectivity index (χ1n) is 11.5. The number of hydrogen-bond donors (Lipinski definition) is 1. The molecule has 4 aromatic rings. The van der Waals surface area contributed by atoms with Crippen molar-refractivity contribution in [1.29, 1.82) is 0 Å². The first-order chi connectivity index (χ1) is 17.6. The van der Waals surface area contributed by atoms with Crippen LogP contribution in [0.5, 0.6) is 0 Å². The van der Waals surface area contributed by atoms with E-state index in [1.54, 1.807) is 31.2 Å².